The molecule has 1 amide bonds. The van der Waals surface area contributed by atoms with E-state index in [2.05, 4.69) is 0 Å². The second kappa shape index (κ2) is 4.94. The third kappa shape index (κ3) is 2.50. The lowest BCUT2D eigenvalue weighted by Crippen LogP contribution is -2.30. The quantitative estimate of drug-likeness (QED) is 0.894. The minimum Gasteiger partial charge on any atom is -0.326 e. The summed E-state index contributed by atoms with van der Waals surface area (Å²) < 4.78 is 24.7. The third-order valence-electron chi connectivity index (χ3n) is 3.24. The Morgan fingerprint density at radius 1 is 1.32 bits per heavy atom. The third-order valence-corrected chi connectivity index (χ3v) is 5.44. The maximum Gasteiger partial charge on any atom is 0.228 e. The number of hydrogen-bond acceptors (Lipinski definition) is 4. The molecule has 1 unspecified atom stereocenters. The smallest absolute Gasteiger partial charge is 0.228 e. The molecule has 2 N–H and O–H groups in total. The second-order valence-electron chi connectivity index (χ2n) is 5.03. The van der Waals surface area contributed by atoms with Crippen LogP contribution in [-0.2, 0) is 14.6 Å². The van der Waals surface area contributed by atoms with Crippen molar-refractivity contribution in [1.82, 2.24) is 0 Å². The molecule has 1 aromatic carbocycles. The number of para-hydroxylation sites is 1. The van der Waals surface area contributed by atoms with Crippen molar-refractivity contribution < 1.29 is 13.2 Å². The molecule has 1 saturated heterocycles. The van der Waals surface area contributed by atoms with Gasteiger partial charge in [-0.05, 0) is 26.0 Å². The average molecular weight is 282 g/mol. The van der Waals surface area contributed by atoms with Gasteiger partial charge in [-0.2, -0.15) is 0 Å². The van der Waals surface area contributed by atoms with Crippen LogP contribution in [-0.4, -0.2) is 32.2 Å². The number of rotatable bonds is 3. The van der Waals surface area contributed by atoms with Crippen molar-refractivity contribution >= 4 is 21.4 Å². The standard InChI is InChI=1S/C13H18N2O3S/c1-9(2)19(17,18)12-6-4-3-5-11(12)15-8-10(14)7-13(15)16/h3-6,9-10H,7-8,14H2,1-2H3. The van der Waals surface area contributed by atoms with E-state index in [0.717, 1.165) is 0 Å². The van der Waals surface area contributed by atoms with Crippen molar-refractivity contribution in [2.75, 3.05) is 11.4 Å². The molecular formula is C13H18N2O3S. The van der Waals surface area contributed by atoms with Crippen LogP contribution in [0.15, 0.2) is 29.2 Å². The first-order valence-corrected chi connectivity index (χ1v) is 7.77. The van der Waals surface area contributed by atoms with Gasteiger partial charge in [0.05, 0.1) is 15.8 Å². The maximum absolute atomic E-state index is 12.3. The average Bonchev–Trinajstić information content (AvgIpc) is 2.68. The fourth-order valence-electron chi connectivity index (χ4n) is 2.14. The molecule has 0 saturated carbocycles. The number of carbonyl (C=O) groups is 1. The predicted octanol–water partition coefficient (Wildman–Crippen LogP) is 0.933. The largest absolute Gasteiger partial charge is 0.326 e. The van der Waals surface area contributed by atoms with Gasteiger partial charge in [-0.1, -0.05) is 12.1 Å². The van der Waals surface area contributed by atoms with Crippen LogP contribution in [0, 0.1) is 0 Å². The van der Waals surface area contributed by atoms with E-state index in [-0.39, 0.29) is 23.3 Å². The fourth-order valence-corrected chi connectivity index (χ4v) is 3.39. The van der Waals surface area contributed by atoms with Crippen molar-refractivity contribution in [3.63, 3.8) is 0 Å². The van der Waals surface area contributed by atoms with Gasteiger partial charge in [-0.3, -0.25) is 4.79 Å². The number of anilines is 1. The summed E-state index contributed by atoms with van der Waals surface area (Å²) in [7, 11) is -3.42. The van der Waals surface area contributed by atoms with Gasteiger partial charge in [-0.25, -0.2) is 8.42 Å². The van der Waals surface area contributed by atoms with Crippen LogP contribution < -0.4 is 10.6 Å². The molecular weight excluding hydrogens is 264 g/mol. The first kappa shape index (κ1) is 14.0. The van der Waals surface area contributed by atoms with E-state index in [1.54, 1.807) is 38.1 Å². The van der Waals surface area contributed by atoms with E-state index >= 15 is 0 Å². The molecule has 1 heterocycles. The van der Waals surface area contributed by atoms with E-state index in [4.69, 9.17) is 5.73 Å². The molecule has 1 fully saturated rings. The van der Waals surface area contributed by atoms with E-state index < -0.39 is 15.1 Å². The highest BCUT2D eigenvalue weighted by Gasteiger charge is 2.32. The molecule has 0 aromatic heterocycles. The Labute approximate surface area is 113 Å². The lowest BCUT2D eigenvalue weighted by Gasteiger charge is -2.20. The summed E-state index contributed by atoms with van der Waals surface area (Å²) in [4.78, 5) is 13.6. The highest BCUT2D eigenvalue weighted by molar-refractivity contribution is 7.92. The summed E-state index contributed by atoms with van der Waals surface area (Å²) in [6.07, 6.45) is 0.260. The molecule has 19 heavy (non-hydrogen) atoms. The zero-order valence-electron chi connectivity index (χ0n) is 11.0. The van der Waals surface area contributed by atoms with Gasteiger partial charge in [0.25, 0.3) is 0 Å². The molecule has 0 aliphatic carbocycles. The van der Waals surface area contributed by atoms with Crippen LogP contribution in [0.25, 0.3) is 0 Å². The summed E-state index contributed by atoms with van der Waals surface area (Å²) in [5.41, 5.74) is 6.20. The van der Waals surface area contributed by atoms with Crippen LogP contribution in [0.4, 0.5) is 5.69 Å². The van der Waals surface area contributed by atoms with Gasteiger partial charge in [0, 0.05) is 19.0 Å². The summed E-state index contributed by atoms with van der Waals surface area (Å²) in [6.45, 7) is 3.62. The molecule has 0 bridgehead atoms. The van der Waals surface area contributed by atoms with Crippen LogP contribution in [0.1, 0.15) is 20.3 Å². The SMILES string of the molecule is CC(C)S(=O)(=O)c1ccccc1N1CC(N)CC1=O. The van der Waals surface area contributed by atoms with Gasteiger partial charge >= 0.3 is 0 Å². The summed E-state index contributed by atoms with van der Waals surface area (Å²) in [5, 5.41) is -0.528. The van der Waals surface area contributed by atoms with Crippen LogP contribution in [0.3, 0.4) is 0 Å². The topological polar surface area (TPSA) is 80.5 Å². The second-order valence-corrected chi connectivity index (χ2v) is 7.50. The zero-order chi connectivity index (χ0) is 14.2. The van der Waals surface area contributed by atoms with Crippen molar-refractivity contribution in [2.24, 2.45) is 5.73 Å². The van der Waals surface area contributed by atoms with Crippen molar-refractivity contribution in [2.45, 2.75) is 36.5 Å². The lowest BCUT2D eigenvalue weighted by atomic mass is 10.3. The van der Waals surface area contributed by atoms with Gasteiger partial charge in [0.1, 0.15) is 0 Å². The first-order valence-electron chi connectivity index (χ1n) is 6.23. The molecule has 1 aromatic rings. The predicted molar refractivity (Wildman–Crippen MR) is 73.7 cm³/mol. The monoisotopic (exact) mass is 282 g/mol. The van der Waals surface area contributed by atoms with Crippen LogP contribution in [0.5, 0.6) is 0 Å². The summed E-state index contributed by atoms with van der Waals surface area (Å²) >= 11 is 0. The van der Waals surface area contributed by atoms with E-state index in [0.29, 0.717) is 12.2 Å². The number of sulfone groups is 1. The van der Waals surface area contributed by atoms with Crippen molar-refractivity contribution in [3.8, 4) is 0 Å². The molecule has 1 aliphatic rings. The van der Waals surface area contributed by atoms with Crippen LogP contribution in [0.2, 0.25) is 0 Å². The van der Waals surface area contributed by atoms with Gasteiger partial charge in [-0.15, -0.1) is 0 Å². The maximum atomic E-state index is 12.3. The zero-order valence-corrected chi connectivity index (χ0v) is 11.9. The summed E-state index contributed by atoms with van der Waals surface area (Å²) in [6, 6.07) is 6.36. The number of amides is 1. The molecule has 1 aliphatic heterocycles. The molecule has 2 rings (SSSR count). The normalized spacial score (nSPS) is 20.3. The van der Waals surface area contributed by atoms with Gasteiger partial charge in [0.2, 0.25) is 5.91 Å². The van der Waals surface area contributed by atoms with Crippen molar-refractivity contribution in [1.29, 1.82) is 0 Å². The van der Waals surface area contributed by atoms with E-state index in [1.165, 1.54) is 4.90 Å². The molecule has 5 nitrogen and oxygen atoms in total. The lowest BCUT2D eigenvalue weighted by molar-refractivity contribution is -0.117. The number of nitrogens with zero attached hydrogens (tertiary/aromatic N) is 1. The number of carbonyl (C=O) groups excluding carboxylic acids is 1. The molecule has 104 valence electrons. The molecule has 1 atom stereocenters. The Hall–Kier alpha value is -1.40. The number of hydrogen-bond donors (Lipinski definition) is 1. The Balaban J connectivity index is 2.52. The van der Waals surface area contributed by atoms with Gasteiger partial charge in [0.15, 0.2) is 9.84 Å². The van der Waals surface area contributed by atoms with E-state index in [1.807, 2.05) is 0 Å². The van der Waals surface area contributed by atoms with Gasteiger partial charge < -0.3 is 10.6 Å². The minimum atomic E-state index is -3.42. The Morgan fingerprint density at radius 3 is 2.47 bits per heavy atom. The summed E-state index contributed by atoms with van der Waals surface area (Å²) in [5.74, 6) is -0.126. The van der Waals surface area contributed by atoms with E-state index in [9.17, 15) is 13.2 Å². The number of benzene rings is 1. The number of nitrogens with two attached hydrogens (primary N) is 1. The Morgan fingerprint density at radius 2 is 1.95 bits per heavy atom. The van der Waals surface area contributed by atoms with Crippen molar-refractivity contribution in [3.05, 3.63) is 24.3 Å². The Bertz CT molecular complexity index is 596. The molecule has 0 spiro atoms. The molecule has 6 heteroatoms. The first-order chi connectivity index (χ1) is 8.84. The fraction of sp³-hybridized carbons (Fsp3) is 0.462. The Kier molecular flexibility index (Phi) is 3.64. The minimum absolute atomic E-state index is 0.126. The molecule has 0 radical (unpaired) electrons. The highest BCUT2D eigenvalue weighted by atomic mass is 32.2. The van der Waals surface area contributed by atoms with Crippen LogP contribution >= 0.6 is 0 Å². The highest BCUT2D eigenvalue weighted by Crippen LogP contribution is 2.30.